The first-order valence-electron chi connectivity index (χ1n) is 6.63. The Bertz CT molecular complexity index is 416. The maximum absolute atomic E-state index is 12.0. The first kappa shape index (κ1) is 15.5. The average molecular weight is 264 g/mol. The lowest BCUT2D eigenvalue weighted by molar-refractivity contribution is 0.0939. The fraction of sp³-hybridized carbons (Fsp3) is 0.533. The Kier molecular flexibility index (Phi) is 5.83. The average Bonchev–Trinajstić information content (AvgIpc) is 2.35. The molecule has 0 aromatic heterocycles. The van der Waals surface area contributed by atoms with E-state index >= 15 is 0 Å². The van der Waals surface area contributed by atoms with Crippen molar-refractivity contribution in [2.75, 3.05) is 25.5 Å². The molecule has 1 aromatic rings. The lowest BCUT2D eigenvalue weighted by Crippen LogP contribution is -2.29. The van der Waals surface area contributed by atoms with E-state index in [9.17, 15) is 9.90 Å². The number of carbonyl (C=O) groups excluding carboxylic acids is 1. The number of aliphatic hydroxyl groups excluding tert-OH is 1. The molecule has 2 unspecified atom stereocenters. The van der Waals surface area contributed by atoms with Crippen LogP contribution in [0.1, 0.15) is 30.6 Å². The highest BCUT2D eigenvalue weighted by molar-refractivity contribution is 5.95. The second kappa shape index (κ2) is 7.14. The van der Waals surface area contributed by atoms with Gasteiger partial charge in [-0.2, -0.15) is 0 Å². The van der Waals surface area contributed by atoms with Gasteiger partial charge in [0.05, 0.1) is 6.10 Å². The summed E-state index contributed by atoms with van der Waals surface area (Å²) < 4.78 is 0. The summed E-state index contributed by atoms with van der Waals surface area (Å²) in [5.41, 5.74) is 1.67. The smallest absolute Gasteiger partial charge is 0.251 e. The minimum Gasteiger partial charge on any atom is -0.393 e. The van der Waals surface area contributed by atoms with E-state index in [2.05, 4.69) is 5.32 Å². The van der Waals surface area contributed by atoms with E-state index in [4.69, 9.17) is 0 Å². The van der Waals surface area contributed by atoms with Crippen LogP contribution in [0.25, 0.3) is 0 Å². The maximum Gasteiger partial charge on any atom is 0.251 e. The van der Waals surface area contributed by atoms with E-state index in [1.807, 2.05) is 50.2 Å². The molecule has 2 atom stereocenters. The lowest BCUT2D eigenvalue weighted by Gasteiger charge is -2.16. The minimum atomic E-state index is -0.330. The van der Waals surface area contributed by atoms with Gasteiger partial charge in [-0.05, 0) is 37.5 Å². The van der Waals surface area contributed by atoms with Crippen LogP contribution in [0.3, 0.4) is 0 Å². The van der Waals surface area contributed by atoms with Crippen molar-refractivity contribution < 1.29 is 9.90 Å². The number of nitrogens with zero attached hydrogens (tertiary/aromatic N) is 1. The highest BCUT2D eigenvalue weighted by atomic mass is 16.3. The van der Waals surface area contributed by atoms with Crippen molar-refractivity contribution in [3.05, 3.63) is 29.8 Å². The second-order valence-electron chi connectivity index (χ2n) is 5.34. The normalized spacial score (nSPS) is 13.7. The first-order chi connectivity index (χ1) is 8.90. The summed E-state index contributed by atoms with van der Waals surface area (Å²) in [5, 5.41) is 12.2. The summed E-state index contributed by atoms with van der Waals surface area (Å²) in [7, 11) is 3.89. The number of rotatable bonds is 6. The quantitative estimate of drug-likeness (QED) is 0.825. The zero-order valence-corrected chi connectivity index (χ0v) is 12.2. The van der Waals surface area contributed by atoms with Crippen molar-refractivity contribution in [3.63, 3.8) is 0 Å². The van der Waals surface area contributed by atoms with Crippen LogP contribution < -0.4 is 10.2 Å². The molecule has 0 saturated heterocycles. The Morgan fingerprint density at radius 1 is 1.37 bits per heavy atom. The summed E-state index contributed by atoms with van der Waals surface area (Å²) >= 11 is 0. The number of hydrogen-bond donors (Lipinski definition) is 2. The largest absolute Gasteiger partial charge is 0.393 e. The Balaban J connectivity index is 2.56. The Morgan fingerprint density at radius 2 is 2.05 bits per heavy atom. The van der Waals surface area contributed by atoms with E-state index in [0.717, 1.165) is 5.69 Å². The van der Waals surface area contributed by atoms with E-state index in [1.165, 1.54) is 0 Å². The van der Waals surface area contributed by atoms with Crippen LogP contribution in [-0.4, -0.2) is 37.8 Å². The number of aliphatic hydroxyl groups is 1. The first-order valence-corrected chi connectivity index (χ1v) is 6.63. The van der Waals surface area contributed by atoms with Gasteiger partial charge in [0.1, 0.15) is 0 Å². The summed E-state index contributed by atoms with van der Waals surface area (Å²) in [6.45, 7) is 4.36. The number of nitrogens with one attached hydrogen (secondary N) is 1. The van der Waals surface area contributed by atoms with Crippen molar-refractivity contribution in [1.29, 1.82) is 0 Å². The molecular formula is C15H24N2O2. The second-order valence-corrected chi connectivity index (χ2v) is 5.34. The zero-order chi connectivity index (χ0) is 14.4. The van der Waals surface area contributed by atoms with Gasteiger partial charge >= 0.3 is 0 Å². The molecule has 0 heterocycles. The van der Waals surface area contributed by atoms with E-state index in [0.29, 0.717) is 18.5 Å². The van der Waals surface area contributed by atoms with Gasteiger partial charge < -0.3 is 15.3 Å². The molecule has 0 saturated carbocycles. The predicted octanol–water partition coefficient (Wildman–Crippen LogP) is 1.89. The highest BCUT2D eigenvalue weighted by Gasteiger charge is 2.10. The summed E-state index contributed by atoms with van der Waals surface area (Å²) in [6.07, 6.45) is 0.363. The Labute approximate surface area is 115 Å². The summed E-state index contributed by atoms with van der Waals surface area (Å²) in [4.78, 5) is 14.0. The molecule has 4 heteroatoms. The van der Waals surface area contributed by atoms with Crippen LogP contribution in [0.5, 0.6) is 0 Å². The third-order valence-corrected chi connectivity index (χ3v) is 2.98. The molecule has 0 fully saturated rings. The van der Waals surface area contributed by atoms with Gasteiger partial charge in [-0.1, -0.05) is 13.0 Å². The monoisotopic (exact) mass is 264 g/mol. The summed E-state index contributed by atoms with van der Waals surface area (Å²) in [6, 6.07) is 7.52. The van der Waals surface area contributed by atoms with Gasteiger partial charge in [0.15, 0.2) is 0 Å². The highest BCUT2D eigenvalue weighted by Crippen LogP contribution is 2.13. The molecule has 0 radical (unpaired) electrons. The van der Waals surface area contributed by atoms with Crippen molar-refractivity contribution in [2.45, 2.75) is 26.4 Å². The van der Waals surface area contributed by atoms with Gasteiger partial charge in [-0.25, -0.2) is 0 Å². The van der Waals surface area contributed by atoms with Crippen LogP contribution in [0.4, 0.5) is 5.69 Å². The minimum absolute atomic E-state index is 0.0684. The Hall–Kier alpha value is -1.55. The van der Waals surface area contributed by atoms with Gasteiger partial charge in [-0.15, -0.1) is 0 Å². The topological polar surface area (TPSA) is 52.6 Å². The van der Waals surface area contributed by atoms with Crippen LogP contribution >= 0.6 is 0 Å². The molecular weight excluding hydrogens is 240 g/mol. The van der Waals surface area contributed by atoms with Gasteiger partial charge in [0, 0.05) is 31.9 Å². The number of hydrogen-bond acceptors (Lipinski definition) is 3. The van der Waals surface area contributed by atoms with Gasteiger partial charge in [0.2, 0.25) is 0 Å². The van der Waals surface area contributed by atoms with Crippen molar-refractivity contribution in [3.8, 4) is 0 Å². The number of benzene rings is 1. The SMILES string of the molecule is CC(O)CC(C)CNC(=O)c1cccc(N(C)C)c1. The standard InChI is InChI=1S/C15H24N2O2/c1-11(8-12(2)18)10-16-15(19)13-6-5-7-14(9-13)17(3)4/h5-7,9,11-12,18H,8,10H2,1-4H3,(H,16,19). The molecule has 0 spiro atoms. The molecule has 19 heavy (non-hydrogen) atoms. The van der Waals surface area contributed by atoms with Crippen molar-refractivity contribution >= 4 is 11.6 Å². The summed E-state index contributed by atoms with van der Waals surface area (Å²) in [5.74, 6) is 0.196. The van der Waals surface area contributed by atoms with Crippen LogP contribution in [0, 0.1) is 5.92 Å². The van der Waals surface area contributed by atoms with Gasteiger partial charge in [0.25, 0.3) is 5.91 Å². The number of anilines is 1. The van der Waals surface area contributed by atoms with E-state index in [-0.39, 0.29) is 17.9 Å². The Morgan fingerprint density at radius 3 is 2.63 bits per heavy atom. The zero-order valence-electron chi connectivity index (χ0n) is 12.2. The lowest BCUT2D eigenvalue weighted by atomic mass is 10.0. The number of amides is 1. The number of carbonyl (C=O) groups is 1. The molecule has 1 aromatic carbocycles. The van der Waals surface area contributed by atoms with Crippen molar-refractivity contribution in [1.82, 2.24) is 5.32 Å². The molecule has 1 rings (SSSR count). The molecule has 0 bridgehead atoms. The molecule has 1 amide bonds. The van der Waals surface area contributed by atoms with Crippen LogP contribution in [-0.2, 0) is 0 Å². The van der Waals surface area contributed by atoms with Crippen LogP contribution in [0.2, 0.25) is 0 Å². The third-order valence-electron chi connectivity index (χ3n) is 2.98. The molecule has 0 aliphatic carbocycles. The van der Waals surface area contributed by atoms with Crippen LogP contribution in [0.15, 0.2) is 24.3 Å². The predicted molar refractivity (Wildman–Crippen MR) is 78.6 cm³/mol. The molecule has 2 N–H and O–H groups in total. The van der Waals surface area contributed by atoms with E-state index in [1.54, 1.807) is 6.92 Å². The molecule has 106 valence electrons. The fourth-order valence-corrected chi connectivity index (χ4v) is 1.96. The molecule has 4 nitrogen and oxygen atoms in total. The van der Waals surface area contributed by atoms with Crippen molar-refractivity contribution in [2.24, 2.45) is 5.92 Å². The molecule has 0 aliphatic rings. The fourth-order valence-electron chi connectivity index (χ4n) is 1.96. The third kappa shape index (κ3) is 5.30. The van der Waals surface area contributed by atoms with E-state index < -0.39 is 0 Å². The maximum atomic E-state index is 12.0. The molecule has 0 aliphatic heterocycles. The van der Waals surface area contributed by atoms with Gasteiger partial charge in [-0.3, -0.25) is 4.79 Å².